The number of aliphatic hydroxyl groups excluding tert-OH is 1. The van der Waals surface area contributed by atoms with Crippen molar-refractivity contribution in [1.29, 1.82) is 0 Å². The van der Waals surface area contributed by atoms with Crippen molar-refractivity contribution in [2.75, 3.05) is 0 Å². The second-order valence-electron chi connectivity index (χ2n) is 5.15. The highest BCUT2D eigenvalue weighted by Crippen LogP contribution is 2.30. The molecule has 2 atom stereocenters. The Labute approximate surface area is 96.9 Å². The molecule has 2 aliphatic rings. The molecule has 0 saturated heterocycles. The van der Waals surface area contributed by atoms with Crippen LogP contribution < -0.4 is 0 Å². The zero-order valence-corrected chi connectivity index (χ0v) is 9.60. The average Bonchev–Trinajstić information content (AvgIpc) is 2.72. The number of rotatable bonds is 1. The number of nitrogens with zero attached hydrogens (tertiary/aromatic N) is 1. The lowest BCUT2D eigenvalue weighted by Crippen LogP contribution is -2.36. The smallest absolute Gasteiger partial charge is 0.0555 e. The standard InChI is InChI=1S/C14H19NO/c16-14-7-3-6-13(8-14)15-9-11-4-1-2-5-12(11)10-15/h1-2,4-5,13-14,16H,3,6-10H2/t13-,14+/m0/s1. The lowest BCUT2D eigenvalue weighted by molar-refractivity contribution is 0.0603. The van der Waals surface area contributed by atoms with Crippen molar-refractivity contribution in [3.05, 3.63) is 35.4 Å². The van der Waals surface area contributed by atoms with Gasteiger partial charge in [-0.15, -0.1) is 0 Å². The van der Waals surface area contributed by atoms with Gasteiger partial charge in [0.25, 0.3) is 0 Å². The third-order valence-corrected chi connectivity index (χ3v) is 4.00. The van der Waals surface area contributed by atoms with E-state index in [4.69, 9.17) is 0 Å². The highest BCUT2D eigenvalue weighted by Gasteiger charge is 2.29. The van der Waals surface area contributed by atoms with Crippen LogP contribution in [0.3, 0.4) is 0 Å². The first kappa shape index (κ1) is 10.3. The molecule has 1 aromatic rings. The molecule has 16 heavy (non-hydrogen) atoms. The number of fused-ring (bicyclic) bond motifs is 1. The van der Waals surface area contributed by atoms with Gasteiger partial charge in [0, 0.05) is 19.1 Å². The molecule has 0 spiro atoms. The maximum absolute atomic E-state index is 9.73. The molecule has 86 valence electrons. The minimum atomic E-state index is -0.0672. The molecule has 1 fully saturated rings. The van der Waals surface area contributed by atoms with E-state index < -0.39 is 0 Å². The summed E-state index contributed by atoms with van der Waals surface area (Å²) >= 11 is 0. The van der Waals surface area contributed by atoms with E-state index in [0.29, 0.717) is 6.04 Å². The van der Waals surface area contributed by atoms with Gasteiger partial charge in [0.15, 0.2) is 0 Å². The Morgan fingerprint density at radius 3 is 2.38 bits per heavy atom. The van der Waals surface area contributed by atoms with Crippen molar-refractivity contribution < 1.29 is 5.11 Å². The van der Waals surface area contributed by atoms with E-state index in [-0.39, 0.29) is 6.10 Å². The summed E-state index contributed by atoms with van der Waals surface area (Å²) < 4.78 is 0. The molecule has 2 heteroatoms. The van der Waals surface area contributed by atoms with Crippen LogP contribution >= 0.6 is 0 Å². The maximum atomic E-state index is 9.73. The third kappa shape index (κ3) is 1.87. The van der Waals surface area contributed by atoms with Crippen molar-refractivity contribution in [2.45, 2.75) is 50.9 Å². The predicted molar refractivity (Wildman–Crippen MR) is 64.0 cm³/mol. The topological polar surface area (TPSA) is 23.5 Å². The van der Waals surface area contributed by atoms with Crippen LogP contribution in [0.15, 0.2) is 24.3 Å². The summed E-state index contributed by atoms with van der Waals surface area (Å²) in [6.45, 7) is 2.15. The first-order valence-corrected chi connectivity index (χ1v) is 6.32. The Morgan fingerprint density at radius 2 is 1.75 bits per heavy atom. The third-order valence-electron chi connectivity index (χ3n) is 4.00. The summed E-state index contributed by atoms with van der Waals surface area (Å²) in [7, 11) is 0. The van der Waals surface area contributed by atoms with E-state index in [9.17, 15) is 5.11 Å². The normalized spacial score (nSPS) is 30.3. The minimum absolute atomic E-state index is 0.0672. The van der Waals surface area contributed by atoms with Gasteiger partial charge >= 0.3 is 0 Å². The molecular formula is C14H19NO. The van der Waals surface area contributed by atoms with E-state index in [0.717, 1.165) is 25.9 Å². The molecule has 3 rings (SSSR count). The molecule has 1 aliphatic carbocycles. The van der Waals surface area contributed by atoms with Crippen molar-refractivity contribution in [2.24, 2.45) is 0 Å². The van der Waals surface area contributed by atoms with Crippen LogP contribution in [-0.2, 0) is 13.1 Å². The van der Waals surface area contributed by atoms with Crippen LogP contribution in [0.2, 0.25) is 0 Å². The molecule has 0 bridgehead atoms. The summed E-state index contributed by atoms with van der Waals surface area (Å²) in [5, 5.41) is 9.73. The van der Waals surface area contributed by atoms with Crippen LogP contribution in [0.25, 0.3) is 0 Å². The summed E-state index contributed by atoms with van der Waals surface area (Å²) in [6, 6.07) is 9.30. The van der Waals surface area contributed by atoms with Gasteiger partial charge in [-0.25, -0.2) is 0 Å². The fourth-order valence-electron chi connectivity index (χ4n) is 3.09. The number of hydrogen-bond acceptors (Lipinski definition) is 2. The van der Waals surface area contributed by atoms with Crippen LogP contribution in [-0.4, -0.2) is 22.2 Å². The van der Waals surface area contributed by atoms with Crippen molar-refractivity contribution in [3.8, 4) is 0 Å². The van der Waals surface area contributed by atoms with Crippen molar-refractivity contribution >= 4 is 0 Å². The Bertz CT molecular complexity index is 352. The molecule has 1 saturated carbocycles. The van der Waals surface area contributed by atoms with Gasteiger partial charge in [0.2, 0.25) is 0 Å². The summed E-state index contributed by atoms with van der Waals surface area (Å²) in [5.74, 6) is 0. The lowest BCUT2D eigenvalue weighted by atomic mass is 9.92. The van der Waals surface area contributed by atoms with Gasteiger partial charge < -0.3 is 5.11 Å². The van der Waals surface area contributed by atoms with Gasteiger partial charge in [-0.05, 0) is 36.8 Å². The molecule has 1 heterocycles. The molecule has 0 radical (unpaired) electrons. The van der Waals surface area contributed by atoms with Crippen molar-refractivity contribution in [3.63, 3.8) is 0 Å². The zero-order valence-electron chi connectivity index (χ0n) is 9.60. The Kier molecular flexibility index (Phi) is 2.70. The SMILES string of the molecule is O[C@@H]1CCC[C@H](N2Cc3ccccc3C2)C1. The molecule has 0 aromatic heterocycles. The Balaban J connectivity index is 1.71. The number of benzene rings is 1. The molecular weight excluding hydrogens is 198 g/mol. The average molecular weight is 217 g/mol. The summed E-state index contributed by atoms with van der Waals surface area (Å²) in [6.07, 6.45) is 4.33. The van der Waals surface area contributed by atoms with Crippen LogP contribution in [0.4, 0.5) is 0 Å². The predicted octanol–water partition coefficient (Wildman–Crippen LogP) is 2.31. The van der Waals surface area contributed by atoms with E-state index in [1.54, 1.807) is 0 Å². The van der Waals surface area contributed by atoms with E-state index in [2.05, 4.69) is 29.2 Å². The van der Waals surface area contributed by atoms with E-state index in [1.165, 1.54) is 24.0 Å². The Morgan fingerprint density at radius 1 is 1.06 bits per heavy atom. The van der Waals surface area contributed by atoms with Crippen molar-refractivity contribution in [1.82, 2.24) is 4.90 Å². The quantitative estimate of drug-likeness (QED) is 0.780. The first-order chi connectivity index (χ1) is 7.83. The largest absolute Gasteiger partial charge is 0.393 e. The molecule has 1 aromatic carbocycles. The summed E-state index contributed by atoms with van der Waals surface area (Å²) in [4.78, 5) is 2.53. The van der Waals surface area contributed by atoms with Gasteiger partial charge in [0.05, 0.1) is 6.10 Å². The Hall–Kier alpha value is -0.860. The van der Waals surface area contributed by atoms with Gasteiger partial charge in [-0.1, -0.05) is 24.3 Å². The fraction of sp³-hybridized carbons (Fsp3) is 0.571. The molecule has 2 nitrogen and oxygen atoms in total. The molecule has 1 N–H and O–H groups in total. The summed E-state index contributed by atoms with van der Waals surface area (Å²) in [5.41, 5.74) is 2.95. The van der Waals surface area contributed by atoms with E-state index in [1.807, 2.05) is 0 Å². The highest BCUT2D eigenvalue weighted by molar-refractivity contribution is 5.30. The van der Waals surface area contributed by atoms with E-state index >= 15 is 0 Å². The molecule has 0 amide bonds. The van der Waals surface area contributed by atoms with Crippen LogP contribution in [0.5, 0.6) is 0 Å². The second kappa shape index (κ2) is 4.19. The maximum Gasteiger partial charge on any atom is 0.0555 e. The van der Waals surface area contributed by atoms with Gasteiger partial charge in [-0.3, -0.25) is 4.90 Å². The second-order valence-corrected chi connectivity index (χ2v) is 5.15. The monoisotopic (exact) mass is 217 g/mol. The minimum Gasteiger partial charge on any atom is -0.393 e. The van der Waals surface area contributed by atoms with Crippen LogP contribution in [0.1, 0.15) is 36.8 Å². The highest BCUT2D eigenvalue weighted by atomic mass is 16.3. The molecule has 1 aliphatic heterocycles. The lowest BCUT2D eigenvalue weighted by Gasteiger charge is -2.33. The van der Waals surface area contributed by atoms with Gasteiger partial charge in [0.1, 0.15) is 0 Å². The number of aliphatic hydroxyl groups is 1. The van der Waals surface area contributed by atoms with Gasteiger partial charge in [-0.2, -0.15) is 0 Å². The zero-order chi connectivity index (χ0) is 11.0. The molecule has 0 unspecified atom stereocenters. The number of hydrogen-bond donors (Lipinski definition) is 1. The fourth-order valence-corrected chi connectivity index (χ4v) is 3.09. The van der Waals surface area contributed by atoms with Crippen LogP contribution in [0, 0.1) is 0 Å². The first-order valence-electron chi connectivity index (χ1n) is 6.32.